The van der Waals surface area contributed by atoms with Gasteiger partial charge in [-0.25, -0.2) is 0 Å². The smallest absolute Gasteiger partial charge is 0.0119 e. The van der Waals surface area contributed by atoms with Gasteiger partial charge in [0.2, 0.25) is 0 Å². The summed E-state index contributed by atoms with van der Waals surface area (Å²) in [5.74, 6) is 2.14. The van der Waals surface area contributed by atoms with E-state index >= 15 is 0 Å². The zero-order valence-electron chi connectivity index (χ0n) is 10.5. The number of nitrogens with zero attached hydrogens (tertiary/aromatic N) is 1. The highest BCUT2D eigenvalue weighted by Gasteiger charge is 2.33. The van der Waals surface area contributed by atoms with Crippen molar-refractivity contribution in [3.63, 3.8) is 0 Å². The molecule has 92 valence electrons. The summed E-state index contributed by atoms with van der Waals surface area (Å²) in [7, 11) is 0. The fraction of sp³-hybridized carbons (Fsp3) is 1.00. The van der Waals surface area contributed by atoms with Crippen molar-refractivity contribution in [3.05, 3.63) is 0 Å². The number of nitrogens with one attached hydrogen (secondary N) is 1. The molecule has 0 aromatic heterocycles. The molecule has 1 aliphatic carbocycles. The molecular formula is C14H26N2. The molecule has 0 aromatic carbocycles. The number of rotatable bonds is 1. The molecule has 2 nitrogen and oxygen atoms in total. The molecule has 16 heavy (non-hydrogen) atoms. The molecule has 0 aromatic rings. The standard InChI is InChI=1S/C14H26N2/c1-2-4-13-11-16(10-7-12(13)3-1)14-5-8-15-9-6-14/h12-15H,1-11H2. The first kappa shape index (κ1) is 11.0. The summed E-state index contributed by atoms with van der Waals surface area (Å²) in [6, 6.07) is 0.907. The van der Waals surface area contributed by atoms with Crippen LogP contribution >= 0.6 is 0 Å². The van der Waals surface area contributed by atoms with Crippen molar-refractivity contribution in [1.29, 1.82) is 0 Å². The minimum atomic E-state index is 0.907. The van der Waals surface area contributed by atoms with E-state index in [9.17, 15) is 0 Å². The quantitative estimate of drug-likeness (QED) is 0.732. The van der Waals surface area contributed by atoms with Crippen molar-refractivity contribution < 1.29 is 0 Å². The van der Waals surface area contributed by atoms with Gasteiger partial charge in [-0.2, -0.15) is 0 Å². The number of fused-ring (bicyclic) bond motifs is 1. The molecule has 2 heterocycles. The van der Waals surface area contributed by atoms with E-state index < -0.39 is 0 Å². The van der Waals surface area contributed by atoms with Crippen LogP contribution in [0.25, 0.3) is 0 Å². The number of likely N-dealkylation sites (tertiary alicyclic amines) is 1. The van der Waals surface area contributed by atoms with E-state index in [0.717, 1.165) is 17.9 Å². The van der Waals surface area contributed by atoms with E-state index in [1.165, 1.54) is 71.1 Å². The van der Waals surface area contributed by atoms with Gasteiger partial charge in [-0.15, -0.1) is 0 Å². The molecule has 1 N–H and O–H groups in total. The van der Waals surface area contributed by atoms with Crippen LogP contribution in [0.5, 0.6) is 0 Å². The Morgan fingerprint density at radius 1 is 0.812 bits per heavy atom. The summed E-state index contributed by atoms with van der Waals surface area (Å²) in [5, 5.41) is 3.48. The molecule has 2 unspecified atom stereocenters. The summed E-state index contributed by atoms with van der Waals surface area (Å²) in [4.78, 5) is 2.83. The molecule has 2 heteroatoms. The van der Waals surface area contributed by atoms with Crippen LogP contribution < -0.4 is 5.32 Å². The average Bonchev–Trinajstić information content (AvgIpc) is 2.39. The predicted molar refractivity (Wildman–Crippen MR) is 67.5 cm³/mol. The topological polar surface area (TPSA) is 15.3 Å². The Kier molecular flexibility index (Phi) is 3.49. The Morgan fingerprint density at radius 2 is 1.56 bits per heavy atom. The molecule has 2 atom stereocenters. The van der Waals surface area contributed by atoms with E-state index in [4.69, 9.17) is 0 Å². The zero-order valence-corrected chi connectivity index (χ0v) is 10.5. The van der Waals surface area contributed by atoms with Crippen LogP contribution in [0.15, 0.2) is 0 Å². The van der Waals surface area contributed by atoms with Crippen molar-refractivity contribution in [2.75, 3.05) is 26.2 Å². The van der Waals surface area contributed by atoms with Gasteiger partial charge in [0.15, 0.2) is 0 Å². The van der Waals surface area contributed by atoms with Gasteiger partial charge in [-0.3, -0.25) is 4.90 Å². The summed E-state index contributed by atoms with van der Waals surface area (Å²) in [6.45, 7) is 5.31. The molecule has 0 radical (unpaired) electrons. The fourth-order valence-electron chi connectivity index (χ4n) is 4.13. The van der Waals surface area contributed by atoms with Gasteiger partial charge in [-0.05, 0) is 57.2 Å². The lowest BCUT2D eigenvalue weighted by molar-refractivity contribution is 0.0465. The maximum Gasteiger partial charge on any atom is 0.0119 e. The summed E-state index contributed by atoms with van der Waals surface area (Å²) < 4.78 is 0. The van der Waals surface area contributed by atoms with Gasteiger partial charge in [0.1, 0.15) is 0 Å². The first-order valence-corrected chi connectivity index (χ1v) is 7.38. The monoisotopic (exact) mass is 222 g/mol. The Labute approximate surface area is 99.8 Å². The number of hydrogen-bond acceptors (Lipinski definition) is 2. The van der Waals surface area contributed by atoms with Gasteiger partial charge >= 0.3 is 0 Å². The largest absolute Gasteiger partial charge is 0.317 e. The first-order valence-electron chi connectivity index (χ1n) is 7.38. The van der Waals surface area contributed by atoms with Crippen LogP contribution in [0.2, 0.25) is 0 Å². The maximum atomic E-state index is 3.48. The highest BCUT2D eigenvalue weighted by Crippen LogP contribution is 2.37. The highest BCUT2D eigenvalue weighted by molar-refractivity contribution is 4.87. The molecule has 2 aliphatic heterocycles. The van der Waals surface area contributed by atoms with Crippen molar-refractivity contribution in [2.45, 2.75) is 51.0 Å². The molecular weight excluding hydrogens is 196 g/mol. The second kappa shape index (κ2) is 5.05. The zero-order chi connectivity index (χ0) is 10.8. The lowest BCUT2D eigenvalue weighted by Gasteiger charge is -2.45. The Balaban J connectivity index is 1.57. The Morgan fingerprint density at radius 3 is 2.38 bits per heavy atom. The van der Waals surface area contributed by atoms with Crippen LogP contribution in [0, 0.1) is 11.8 Å². The normalized spacial score (nSPS) is 38.2. The van der Waals surface area contributed by atoms with Crippen LogP contribution in [0.3, 0.4) is 0 Å². The summed E-state index contributed by atoms with van der Waals surface area (Å²) in [6.07, 6.45) is 10.3. The third-order valence-corrected chi connectivity index (χ3v) is 5.15. The molecule has 3 aliphatic rings. The molecule has 3 rings (SSSR count). The van der Waals surface area contributed by atoms with Crippen LogP contribution in [-0.4, -0.2) is 37.1 Å². The summed E-state index contributed by atoms with van der Waals surface area (Å²) >= 11 is 0. The van der Waals surface area contributed by atoms with E-state index in [-0.39, 0.29) is 0 Å². The number of piperidine rings is 2. The van der Waals surface area contributed by atoms with Gasteiger partial charge in [0, 0.05) is 12.6 Å². The predicted octanol–water partition coefficient (Wildman–Crippen LogP) is 2.25. The van der Waals surface area contributed by atoms with E-state index in [2.05, 4.69) is 10.2 Å². The van der Waals surface area contributed by atoms with Crippen LogP contribution in [0.1, 0.15) is 44.9 Å². The van der Waals surface area contributed by atoms with Crippen molar-refractivity contribution in [2.24, 2.45) is 11.8 Å². The second-order valence-electron chi connectivity index (χ2n) is 6.07. The van der Waals surface area contributed by atoms with Crippen molar-refractivity contribution in [1.82, 2.24) is 10.2 Å². The van der Waals surface area contributed by atoms with Crippen molar-refractivity contribution in [3.8, 4) is 0 Å². The van der Waals surface area contributed by atoms with Crippen LogP contribution in [-0.2, 0) is 0 Å². The fourth-order valence-corrected chi connectivity index (χ4v) is 4.13. The third-order valence-electron chi connectivity index (χ3n) is 5.15. The third kappa shape index (κ3) is 2.28. The molecule has 0 bridgehead atoms. The first-order chi connectivity index (χ1) is 7.93. The highest BCUT2D eigenvalue weighted by atomic mass is 15.2. The van der Waals surface area contributed by atoms with Crippen molar-refractivity contribution >= 4 is 0 Å². The molecule has 3 fully saturated rings. The molecule has 0 amide bonds. The minimum absolute atomic E-state index is 0.907. The number of hydrogen-bond donors (Lipinski definition) is 1. The lowest BCUT2D eigenvalue weighted by atomic mass is 9.74. The van der Waals surface area contributed by atoms with E-state index in [1.807, 2.05) is 0 Å². The lowest BCUT2D eigenvalue weighted by Crippen LogP contribution is -2.50. The Hall–Kier alpha value is -0.0800. The average molecular weight is 222 g/mol. The SMILES string of the molecule is C1CCC2CN(C3CCNCC3)CCC2C1. The Bertz CT molecular complexity index is 220. The van der Waals surface area contributed by atoms with Gasteiger partial charge in [-0.1, -0.05) is 19.3 Å². The second-order valence-corrected chi connectivity index (χ2v) is 6.07. The molecule has 1 saturated carbocycles. The maximum absolute atomic E-state index is 3.48. The van der Waals surface area contributed by atoms with Crippen LogP contribution in [0.4, 0.5) is 0 Å². The van der Waals surface area contributed by atoms with Gasteiger partial charge in [0.05, 0.1) is 0 Å². The van der Waals surface area contributed by atoms with E-state index in [0.29, 0.717) is 0 Å². The minimum Gasteiger partial charge on any atom is -0.317 e. The summed E-state index contributed by atoms with van der Waals surface area (Å²) in [5.41, 5.74) is 0. The molecule has 2 saturated heterocycles. The van der Waals surface area contributed by atoms with Gasteiger partial charge < -0.3 is 5.32 Å². The molecule has 0 spiro atoms. The van der Waals surface area contributed by atoms with E-state index in [1.54, 1.807) is 0 Å². The van der Waals surface area contributed by atoms with Gasteiger partial charge in [0.25, 0.3) is 0 Å².